The average molecular weight is 304 g/mol. The van der Waals surface area contributed by atoms with Crippen molar-refractivity contribution >= 4 is 12.0 Å². The first-order valence-electron chi connectivity index (χ1n) is 6.60. The van der Waals surface area contributed by atoms with Crippen LogP contribution in [-0.4, -0.2) is 35.3 Å². The number of amides is 2. The number of aromatic nitrogens is 2. The number of hydrogen-bond acceptors (Lipinski definition) is 6. The van der Waals surface area contributed by atoms with Crippen LogP contribution in [0.1, 0.15) is 12.8 Å². The van der Waals surface area contributed by atoms with Gasteiger partial charge in [-0.15, -0.1) is 10.2 Å². The zero-order valence-electron chi connectivity index (χ0n) is 12.2. The first-order valence-corrected chi connectivity index (χ1v) is 6.60. The number of rotatable bonds is 5. The Labute approximate surface area is 126 Å². The molecule has 2 amide bonds. The maximum Gasteiger partial charge on any atom is 0.407 e. The number of ether oxygens (including phenoxy) is 1. The normalized spacial score (nSPS) is 11.5. The quantitative estimate of drug-likeness (QED) is 0.856. The minimum Gasteiger partial charge on any atom is -0.453 e. The Morgan fingerprint density at radius 2 is 2.00 bits per heavy atom. The highest BCUT2D eigenvalue weighted by Crippen LogP contribution is 2.16. The summed E-state index contributed by atoms with van der Waals surface area (Å²) in [7, 11) is 1.23. The summed E-state index contributed by atoms with van der Waals surface area (Å²) >= 11 is 0. The highest BCUT2D eigenvalue weighted by molar-refractivity contribution is 5.85. The summed E-state index contributed by atoms with van der Waals surface area (Å²) in [4.78, 5) is 22.8. The van der Waals surface area contributed by atoms with Crippen molar-refractivity contribution in [1.29, 1.82) is 0 Å². The van der Waals surface area contributed by atoms with Crippen molar-refractivity contribution < 1.29 is 18.7 Å². The molecule has 0 saturated carbocycles. The number of benzene rings is 1. The molecule has 0 spiro atoms. The van der Waals surface area contributed by atoms with Gasteiger partial charge < -0.3 is 19.8 Å². The molecule has 22 heavy (non-hydrogen) atoms. The van der Waals surface area contributed by atoms with Gasteiger partial charge in [0.15, 0.2) is 0 Å². The molecule has 0 bridgehead atoms. The standard InChI is InChI=1S/C14H16N4O4/c1-9(16-14(20)21-2)12(19)15-8-11-17-18-13(22-11)10-6-4-3-5-7-10/h3-7,9H,8H2,1-2H3,(H,15,19)(H,16,20)/t9-/m1/s1. The Morgan fingerprint density at radius 1 is 1.27 bits per heavy atom. The van der Waals surface area contributed by atoms with E-state index in [2.05, 4.69) is 25.6 Å². The van der Waals surface area contributed by atoms with Gasteiger partial charge in [-0.05, 0) is 19.1 Å². The molecule has 8 heteroatoms. The Bertz CT molecular complexity index is 641. The van der Waals surface area contributed by atoms with Crippen molar-refractivity contribution in [2.24, 2.45) is 0 Å². The van der Waals surface area contributed by atoms with Crippen LogP contribution in [0.4, 0.5) is 4.79 Å². The molecule has 2 aromatic rings. The largest absolute Gasteiger partial charge is 0.453 e. The fraction of sp³-hybridized carbons (Fsp3) is 0.286. The maximum absolute atomic E-state index is 11.8. The minimum atomic E-state index is -0.732. The second-order valence-corrected chi connectivity index (χ2v) is 4.44. The van der Waals surface area contributed by atoms with E-state index in [0.29, 0.717) is 5.89 Å². The van der Waals surface area contributed by atoms with E-state index < -0.39 is 12.1 Å². The lowest BCUT2D eigenvalue weighted by molar-refractivity contribution is -0.122. The third kappa shape index (κ3) is 4.05. The first kappa shape index (κ1) is 15.5. The Hall–Kier alpha value is -2.90. The van der Waals surface area contributed by atoms with Crippen molar-refractivity contribution in [2.75, 3.05) is 7.11 Å². The Kier molecular flexibility index (Phi) is 5.07. The molecule has 8 nitrogen and oxygen atoms in total. The third-order valence-corrected chi connectivity index (χ3v) is 2.81. The van der Waals surface area contributed by atoms with E-state index in [9.17, 15) is 9.59 Å². The summed E-state index contributed by atoms with van der Waals surface area (Å²) in [5.41, 5.74) is 0.799. The van der Waals surface area contributed by atoms with Gasteiger partial charge in [0.05, 0.1) is 13.7 Å². The van der Waals surface area contributed by atoms with E-state index in [1.165, 1.54) is 14.0 Å². The first-order chi connectivity index (χ1) is 10.6. The van der Waals surface area contributed by atoms with Crippen LogP contribution in [0.15, 0.2) is 34.7 Å². The van der Waals surface area contributed by atoms with Crippen LogP contribution in [0.3, 0.4) is 0 Å². The molecule has 1 aromatic carbocycles. The van der Waals surface area contributed by atoms with Crippen molar-refractivity contribution in [2.45, 2.75) is 19.5 Å². The molecular weight excluding hydrogens is 288 g/mol. The molecule has 0 saturated heterocycles. The molecular formula is C14H16N4O4. The lowest BCUT2D eigenvalue weighted by Crippen LogP contribution is -2.44. The zero-order valence-corrected chi connectivity index (χ0v) is 12.2. The SMILES string of the molecule is COC(=O)N[C@H](C)C(=O)NCc1nnc(-c2ccccc2)o1. The molecule has 2 N–H and O–H groups in total. The Morgan fingerprint density at radius 3 is 2.68 bits per heavy atom. The Balaban J connectivity index is 1.88. The number of nitrogens with zero attached hydrogens (tertiary/aromatic N) is 2. The predicted octanol–water partition coefficient (Wildman–Crippen LogP) is 1.10. The van der Waals surface area contributed by atoms with Crippen molar-refractivity contribution in [1.82, 2.24) is 20.8 Å². The number of alkyl carbamates (subject to hydrolysis) is 1. The van der Waals surface area contributed by atoms with E-state index in [4.69, 9.17) is 4.42 Å². The van der Waals surface area contributed by atoms with Crippen LogP contribution in [0.5, 0.6) is 0 Å². The molecule has 1 heterocycles. The molecule has 0 aliphatic rings. The summed E-state index contributed by atoms with van der Waals surface area (Å²) in [6, 6.07) is 8.57. The van der Waals surface area contributed by atoms with E-state index >= 15 is 0 Å². The maximum atomic E-state index is 11.8. The van der Waals surface area contributed by atoms with Crippen molar-refractivity contribution in [3.63, 3.8) is 0 Å². The van der Waals surface area contributed by atoms with Crippen LogP contribution >= 0.6 is 0 Å². The molecule has 0 aliphatic heterocycles. The number of hydrogen-bond donors (Lipinski definition) is 2. The van der Waals surface area contributed by atoms with Crippen LogP contribution in [0.2, 0.25) is 0 Å². The monoisotopic (exact) mass is 304 g/mol. The fourth-order valence-corrected chi connectivity index (χ4v) is 1.64. The molecule has 1 aromatic heterocycles. The average Bonchev–Trinajstić information content (AvgIpc) is 3.02. The van der Waals surface area contributed by atoms with Crippen molar-refractivity contribution in [3.8, 4) is 11.5 Å². The van der Waals surface area contributed by atoms with Crippen LogP contribution < -0.4 is 10.6 Å². The number of methoxy groups -OCH3 is 1. The van der Waals surface area contributed by atoms with Crippen molar-refractivity contribution in [3.05, 3.63) is 36.2 Å². The van der Waals surface area contributed by atoms with E-state index in [-0.39, 0.29) is 18.3 Å². The second-order valence-electron chi connectivity index (χ2n) is 4.44. The van der Waals surface area contributed by atoms with Gasteiger partial charge in [0.1, 0.15) is 6.04 Å². The molecule has 0 fully saturated rings. The summed E-state index contributed by atoms with van der Waals surface area (Å²) < 4.78 is 9.87. The smallest absolute Gasteiger partial charge is 0.407 e. The van der Waals surface area contributed by atoms with Crippen LogP contribution in [-0.2, 0) is 16.1 Å². The van der Waals surface area contributed by atoms with E-state index in [1.54, 1.807) is 0 Å². The fourth-order valence-electron chi connectivity index (χ4n) is 1.64. The van der Waals surface area contributed by atoms with Gasteiger partial charge >= 0.3 is 6.09 Å². The van der Waals surface area contributed by atoms with Gasteiger partial charge in [-0.2, -0.15) is 0 Å². The van der Waals surface area contributed by atoms with Gasteiger partial charge in [0, 0.05) is 5.56 Å². The summed E-state index contributed by atoms with van der Waals surface area (Å²) in [5, 5.41) is 12.7. The second kappa shape index (κ2) is 7.21. The highest BCUT2D eigenvalue weighted by atomic mass is 16.5. The minimum absolute atomic E-state index is 0.0753. The predicted molar refractivity (Wildman–Crippen MR) is 76.6 cm³/mol. The summed E-state index contributed by atoms with van der Waals surface area (Å²) in [5.74, 6) is 0.271. The van der Waals surface area contributed by atoms with Gasteiger partial charge in [-0.1, -0.05) is 18.2 Å². The molecule has 0 unspecified atom stereocenters. The van der Waals surface area contributed by atoms with E-state index in [0.717, 1.165) is 5.56 Å². The van der Waals surface area contributed by atoms with Crippen LogP contribution in [0.25, 0.3) is 11.5 Å². The molecule has 2 rings (SSSR count). The lowest BCUT2D eigenvalue weighted by atomic mass is 10.2. The van der Waals surface area contributed by atoms with Gasteiger partial charge in [0.2, 0.25) is 17.7 Å². The topological polar surface area (TPSA) is 106 Å². The molecule has 0 radical (unpaired) electrons. The summed E-state index contributed by atoms with van der Waals surface area (Å²) in [6.45, 7) is 1.61. The van der Waals surface area contributed by atoms with Gasteiger partial charge in [-0.3, -0.25) is 4.79 Å². The number of carbonyl (C=O) groups excluding carboxylic acids is 2. The number of nitrogens with one attached hydrogen (secondary N) is 2. The van der Waals surface area contributed by atoms with Crippen LogP contribution in [0, 0.1) is 0 Å². The highest BCUT2D eigenvalue weighted by Gasteiger charge is 2.16. The molecule has 116 valence electrons. The van der Waals surface area contributed by atoms with Gasteiger partial charge in [0.25, 0.3) is 0 Å². The zero-order chi connectivity index (χ0) is 15.9. The van der Waals surface area contributed by atoms with E-state index in [1.807, 2.05) is 30.3 Å². The lowest BCUT2D eigenvalue weighted by Gasteiger charge is -2.11. The summed E-state index contributed by atoms with van der Waals surface area (Å²) in [6.07, 6.45) is -0.674. The van der Waals surface area contributed by atoms with Gasteiger partial charge in [-0.25, -0.2) is 4.79 Å². The molecule has 0 aliphatic carbocycles. The third-order valence-electron chi connectivity index (χ3n) is 2.81. The number of carbonyl (C=O) groups is 2. The molecule has 1 atom stereocenters.